The highest BCUT2D eigenvalue weighted by atomic mass is 32.1. The van der Waals surface area contributed by atoms with Crippen molar-refractivity contribution in [1.29, 1.82) is 0 Å². The van der Waals surface area contributed by atoms with Gasteiger partial charge in [0.05, 0.1) is 36.9 Å². The third-order valence-corrected chi connectivity index (χ3v) is 6.58. The second-order valence-electron chi connectivity index (χ2n) is 8.39. The lowest BCUT2D eigenvalue weighted by Gasteiger charge is -2.36. The molecular formula is C26H32N4O5S. The first kappa shape index (κ1) is 25.6. The molecule has 0 saturated carbocycles. The maximum atomic E-state index is 13.3. The molecular weight excluding hydrogens is 480 g/mol. The van der Waals surface area contributed by atoms with Gasteiger partial charge in [-0.2, -0.15) is 0 Å². The van der Waals surface area contributed by atoms with Gasteiger partial charge in [-0.1, -0.05) is 12.1 Å². The molecule has 1 saturated heterocycles. The van der Waals surface area contributed by atoms with Gasteiger partial charge in [0.15, 0.2) is 16.3 Å². The first-order valence-electron chi connectivity index (χ1n) is 12.2. The molecule has 0 unspecified atom stereocenters. The summed E-state index contributed by atoms with van der Waals surface area (Å²) in [6.07, 6.45) is 0.187. The highest BCUT2D eigenvalue weighted by Gasteiger charge is 2.23. The Bertz CT molecular complexity index is 1340. The summed E-state index contributed by atoms with van der Waals surface area (Å²) in [4.78, 5) is 33.4. The number of aromatic amines is 1. The summed E-state index contributed by atoms with van der Waals surface area (Å²) >= 11 is 5.45. The van der Waals surface area contributed by atoms with E-state index in [1.807, 2.05) is 43.0 Å². The van der Waals surface area contributed by atoms with E-state index < -0.39 is 0 Å². The molecule has 1 aromatic heterocycles. The number of hydrogen-bond acceptors (Lipinski definition) is 7. The summed E-state index contributed by atoms with van der Waals surface area (Å²) < 4.78 is 18.5. The Kier molecular flexibility index (Phi) is 8.14. The lowest BCUT2D eigenvalue weighted by Crippen LogP contribution is -2.49. The van der Waals surface area contributed by atoms with E-state index in [1.165, 1.54) is 4.57 Å². The second kappa shape index (κ2) is 11.5. The van der Waals surface area contributed by atoms with Gasteiger partial charge in [-0.05, 0) is 44.3 Å². The lowest BCUT2D eigenvalue weighted by atomic mass is 10.2. The molecule has 0 radical (unpaired) electrons. The Labute approximate surface area is 215 Å². The number of para-hydroxylation sites is 2. The van der Waals surface area contributed by atoms with E-state index in [2.05, 4.69) is 9.88 Å². The molecule has 2 aromatic carbocycles. The predicted octanol–water partition coefficient (Wildman–Crippen LogP) is 3.60. The average Bonchev–Trinajstić information content (AvgIpc) is 2.89. The number of amides is 1. The minimum Gasteiger partial charge on any atom is -0.495 e. The third-order valence-electron chi connectivity index (χ3n) is 6.25. The van der Waals surface area contributed by atoms with Crippen molar-refractivity contribution < 1.29 is 19.0 Å². The van der Waals surface area contributed by atoms with Crippen molar-refractivity contribution in [3.63, 3.8) is 0 Å². The number of piperazine rings is 1. The van der Waals surface area contributed by atoms with Crippen LogP contribution in [0.5, 0.6) is 17.2 Å². The molecule has 1 amide bonds. The van der Waals surface area contributed by atoms with Crippen LogP contribution in [0.2, 0.25) is 0 Å². The number of carbonyl (C=O) groups is 1. The summed E-state index contributed by atoms with van der Waals surface area (Å²) in [5.74, 6) is 1.88. The molecule has 10 heteroatoms. The minimum atomic E-state index is -0.258. The number of fused-ring (bicyclic) bond motifs is 1. The van der Waals surface area contributed by atoms with Gasteiger partial charge in [0, 0.05) is 45.2 Å². The van der Waals surface area contributed by atoms with Crippen molar-refractivity contribution in [2.24, 2.45) is 0 Å². The molecule has 9 nitrogen and oxygen atoms in total. The Morgan fingerprint density at radius 3 is 2.33 bits per heavy atom. The maximum absolute atomic E-state index is 13.3. The van der Waals surface area contributed by atoms with E-state index in [1.54, 1.807) is 19.2 Å². The number of ether oxygens (including phenoxy) is 3. The van der Waals surface area contributed by atoms with Crippen LogP contribution in [-0.4, -0.2) is 66.9 Å². The summed E-state index contributed by atoms with van der Waals surface area (Å²) in [7, 11) is 1.66. The number of H-pyrrole nitrogens is 1. The topological polar surface area (TPSA) is 89.0 Å². The quantitative estimate of drug-likeness (QED) is 0.438. The molecule has 4 rings (SSSR count). The van der Waals surface area contributed by atoms with Gasteiger partial charge in [-0.15, -0.1) is 0 Å². The number of nitrogens with zero attached hydrogens (tertiary/aromatic N) is 3. The Morgan fingerprint density at radius 1 is 1.00 bits per heavy atom. The van der Waals surface area contributed by atoms with Crippen LogP contribution in [0, 0.1) is 4.77 Å². The van der Waals surface area contributed by atoms with Gasteiger partial charge >= 0.3 is 0 Å². The van der Waals surface area contributed by atoms with E-state index in [0.717, 1.165) is 11.4 Å². The highest BCUT2D eigenvalue weighted by Crippen LogP contribution is 2.31. The fraction of sp³-hybridized carbons (Fsp3) is 0.423. The van der Waals surface area contributed by atoms with Gasteiger partial charge < -0.3 is 29.0 Å². The van der Waals surface area contributed by atoms with Crippen LogP contribution in [-0.2, 0) is 11.3 Å². The monoisotopic (exact) mass is 512 g/mol. The zero-order valence-corrected chi connectivity index (χ0v) is 21.7. The Hall–Kier alpha value is -3.53. The molecule has 3 aromatic rings. The zero-order valence-electron chi connectivity index (χ0n) is 20.9. The van der Waals surface area contributed by atoms with Crippen LogP contribution in [0.25, 0.3) is 10.9 Å². The van der Waals surface area contributed by atoms with Crippen molar-refractivity contribution in [1.82, 2.24) is 14.5 Å². The molecule has 1 fully saturated rings. The molecule has 0 spiro atoms. The van der Waals surface area contributed by atoms with Gasteiger partial charge in [0.1, 0.15) is 5.75 Å². The van der Waals surface area contributed by atoms with Crippen LogP contribution in [0.3, 0.4) is 0 Å². The normalized spacial score (nSPS) is 13.6. The number of anilines is 1. The van der Waals surface area contributed by atoms with Gasteiger partial charge in [-0.25, -0.2) is 0 Å². The van der Waals surface area contributed by atoms with Crippen molar-refractivity contribution in [2.45, 2.75) is 26.8 Å². The predicted molar refractivity (Wildman–Crippen MR) is 142 cm³/mol. The van der Waals surface area contributed by atoms with Crippen LogP contribution < -0.4 is 24.7 Å². The molecule has 36 heavy (non-hydrogen) atoms. The molecule has 2 heterocycles. The Balaban J connectivity index is 1.46. The molecule has 192 valence electrons. The third kappa shape index (κ3) is 5.33. The highest BCUT2D eigenvalue weighted by molar-refractivity contribution is 7.71. The SMILES string of the molecule is CCOc1cc2[nH]c(=S)n(CCC(=O)N3CCN(c4ccccc4OC)CC3)c(=O)c2cc1OCC. The number of benzene rings is 2. The molecule has 0 aliphatic carbocycles. The number of nitrogens with one attached hydrogen (secondary N) is 1. The number of hydrogen-bond donors (Lipinski definition) is 1. The minimum absolute atomic E-state index is 0.00206. The summed E-state index contributed by atoms with van der Waals surface area (Å²) in [6.45, 7) is 7.51. The van der Waals surface area contributed by atoms with E-state index in [9.17, 15) is 9.59 Å². The van der Waals surface area contributed by atoms with Crippen molar-refractivity contribution in [3.05, 3.63) is 51.5 Å². The van der Waals surface area contributed by atoms with Gasteiger partial charge in [-0.3, -0.25) is 14.2 Å². The largest absolute Gasteiger partial charge is 0.495 e. The Morgan fingerprint density at radius 2 is 1.67 bits per heavy atom. The van der Waals surface area contributed by atoms with Crippen molar-refractivity contribution in [3.8, 4) is 17.2 Å². The standard InChI is InChI=1S/C26H32N4O5S/c1-4-34-22-16-18-19(17-23(22)35-5-2)27-26(36)30(25(18)32)11-10-24(31)29-14-12-28(13-15-29)20-8-6-7-9-21(20)33-3/h6-9,16-17H,4-5,10-15H2,1-3H3,(H,27,36). The zero-order chi connectivity index (χ0) is 25.7. The second-order valence-corrected chi connectivity index (χ2v) is 8.77. The summed E-state index contributed by atoms with van der Waals surface area (Å²) in [5, 5.41) is 0.438. The van der Waals surface area contributed by atoms with E-state index in [4.69, 9.17) is 26.4 Å². The summed E-state index contributed by atoms with van der Waals surface area (Å²) in [5.41, 5.74) is 1.35. The molecule has 0 atom stereocenters. The molecule has 1 N–H and O–H groups in total. The smallest absolute Gasteiger partial charge is 0.262 e. The fourth-order valence-corrected chi connectivity index (χ4v) is 4.74. The van der Waals surface area contributed by atoms with Gasteiger partial charge in [0.25, 0.3) is 5.56 Å². The first-order valence-corrected chi connectivity index (χ1v) is 12.6. The van der Waals surface area contributed by atoms with Crippen LogP contribution in [0.1, 0.15) is 20.3 Å². The number of methoxy groups -OCH3 is 1. The van der Waals surface area contributed by atoms with Crippen LogP contribution in [0.4, 0.5) is 5.69 Å². The van der Waals surface area contributed by atoms with Crippen molar-refractivity contribution >= 4 is 34.7 Å². The first-order chi connectivity index (χ1) is 17.5. The average molecular weight is 513 g/mol. The summed E-state index contributed by atoms with van der Waals surface area (Å²) in [6, 6.07) is 11.3. The molecule has 0 bridgehead atoms. The fourth-order valence-electron chi connectivity index (χ4n) is 4.45. The van der Waals surface area contributed by atoms with E-state index in [-0.39, 0.29) is 29.2 Å². The molecule has 1 aliphatic rings. The number of carbonyl (C=O) groups excluding carboxylic acids is 1. The number of rotatable bonds is 9. The van der Waals surface area contributed by atoms with E-state index in [0.29, 0.717) is 61.8 Å². The maximum Gasteiger partial charge on any atom is 0.262 e. The van der Waals surface area contributed by atoms with Crippen LogP contribution in [0.15, 0.2) is 41.2 Å². The van der Waals surface area contributed by atoms with Crippen LogP contribution >= 0.6 is 12.2 Å². The number of aromatic nitrogens is 2. The molecule has 1 aliphatic heterocycles. The van der Waals surface area contributed by atoms with Gasteiger partial charge in [0.2, 0.25) is 5.91 Å². The lowest BCUT2D eigenvalue weighted by molar-refractivity contribution is -0.131. The van der Waals surface area contributed by atoms with Crippen molar-refractivity contribution in [2.75, 3.05) is 51.4 Å². The van der Waals surface area contributed by atoms with E-state index >= 15 is 0 Å².